The maximum atomic E-state index is 12.4. The van der Waals surface area contributed by atoms with E-state index in [2.05, 4.69) is 34.0 Å². The van der Waals surface area contributed by atoms with Gasteiger partial charge in [0.1, 0.15) is 17.4 Å². The Hall–Kier alpha value is -4.50. The Morgan fingerprint density at radius 3 is 2.58 bits per heavy atom. The molecule has 0 spiro atoms. The first-order valence-corrected chi connectivity index (χ1v) is 12.9. The van der Waals surface area contributed by atoms with Gasteiger partial charge in [0, 0.05) is 4.88 Å². The molecular weight excluding hydrogens is 502 g/mol. The minimum atomic E-state index is -0.944. The first-order chi connectivity index (χ1) is 18.5. The molecule has 38 heavy (non-hydrogen) atoms. The minimum Gasteiger partial charge on any atom is -0.489 e. The van der Waals surface area contributed by atoms with Gasteiger partial charge in [-0.15, -0.1) is 11.3 Å². The number of benzene rings is 3. The van der Waals surface area contributed by atoms with Crippen LogP contribution in [0.4, 0.5) is 5.00 Å². The number of rotatable bonds is 7. The first kappa shape index (κ1) is 25.2. The van der Waals surface area contributed by atoms with Crippen LogP contribution in [0.3, 0.4) is 0 Å². The maximum absolute atomic E-state index is 12.4. The summed E-state index contributed by atoms with van der Waals surface area (Å²) < 4.78 is 10.8. The Morgan fingerprint density at radius 1 is 0.974 bits per heavy atom. The molecule has 0 saturated carbocycles. The number of ether oxygens (including phenoxy) is 2. The lowest BCUT2D eigenvalue weighted by molar-refractivity contribution is -0.136. The molecule has 4 aromatic rings. The van der Waals surface area contributed by atoms with Crippen LogP contribution < -0.4 is 15.5 Å². The van der Waals surface area contributed by atoms with Gasteiger partial charge >= 0.3 is 17.8 Å². The third kappa shape index (κ3) is 5.42. The molecule has 0 saturated heterocycles. The monoisotopic (exact) mass is 527 g/mol. The summed E-state index contributed by atoms with van der Waals surface area (Å²) in [7, 11) is 1.29. The summed E-state index contributed by atoms with van der Waals surface area (Å²) in [4.78, 5) is 37.9. The second-order valence-electron chi connectivity index (χ2n) is 8.70. The molecule has 0 radical (unpaired) electrons. The van der Waals surface area contributed by atoms with Crippen molar-refractivity contribution in [2.45, 2.75) is 25.9 Å². The van der Waals surface area contributed by atoms with E-state index in [9.17, 15) is 14.4 Å². The topological polar surface area (TPSA) is 106 Å². The number of hydrogen-bond donors (Lipinski definition) is 2. The van der Waals surface area contributed by atoms with Crippen LogP contribution in [-0.4, -0.2) is 31.1 Å². The summed E-state index contributed by atoms with van der Waals surface area (Å²) in [5.74, 6) is -1.68. The molecule has 0 aliphatic heterocycles. The Kier molecular flexibility index (Phi) is 7.46. The number of anilines is 1. The van der Waals surface area contributed by atoms with Crippen molar-refractivity contribution in [3.05, 3.63) is 93.9 Å². The van der Waals surface area contributed by atoms with Crippen molar-refractivity contribution in [2.24, 2.45) is 5.10 Å². The molecular formula is C29H25N3O5S. The molecule has 0 atom stereocenters. The zero-order chi connectivity index (χ0) is 26.5. The van der Waals surface area contributed by atoms with E-state index in [4.69, 9.17) is 9.47 Å². The van der Waals surface area contributed by atoms with Gasteiger partial charge in [0.2, 0.25) is 0 Å². The minimum absolute atomic E-state index is 0.324. The lowest BCUT2D eigenvalue weighted by atomic mass is 10.1. The molecule has 0 fully saturated rings. The van der Waals surface area contributed by atoms with Crippen molar-refractivity contribution in [2.75, 3.05) is 12.4 Å². The molecule has 192 valence electrons. The Balaban J connectivity index is 1.15. The number of nitrogens with one attached hydrogen (secondary N) is 2. The van der Waals surface area contributed by atoms with E-state index in [1.165, 1.54) is 30.0 Å². The molecule has 0 bridgehead atoms. The van der Waals surface area contributed by atoms with E-state index in [0.29, 0.717) is 28.5 Å². The standard InChI is InChI=1S/C29H25N3O5S/c1-36-29(35)25-23-10-5-11-24(23)38-28(25)31-26(33)27(34)32-30-16-18-12-14-21(15-13-18)37-17-20-8-4-7-19-6-2-3-9-22(19)20/h2-4,6-9,12-16H,5,10-11,17H2,1H3,(H,31,33)(H,32,34)/b30-16+. The van der Waals surface area contributed by atoms with Gasteiger partial charge in [-0.05, 0) is 71.0 Å². The highest BCUT2D eigenvalue weighted by molar-refractivity contribution is 7.17. The van der Waals surface area contributed by atoms with Crippen LogP contribution >= 0.6 is 11.3 Å². The molecule has 2 amide bonds. The van der Waals surface area contributed by atoms with Gasteiger partial charge in [0.05, 0.1) is 18.9 Å². The summed E-state index contributed by atoms with van der Waals surface area (Å²) in [6.45, 7) is 0.435. The highest BCUT2D eigenvalue weighted by atomic mass is 32.1. The fourth-order valence-corrected chi connectivity index (χ4v) is 5.69. The number of nitrogens with zero attached hydrogens (tertiary/aromatic N) is 1. The maximum Gasteiger partial charge on any atom is 0.341 e. The second-order valence-corrected chi connectivity index (χ2v) is 9.81. The van der Waals surface area contributed by atoms with Crippen molar-refractivity contribution < 1.29 is 23.9 Å². The number of carbonyl (C=O) groups is 3. The fourth-order valence-electron chi connectivity index (χ4n) is 4.42. The number of carbonyl (C=O) groups excluding carboxylic acids is 3. The number of methoxy groups -OCH3 is 1. The molecule has 0 unspecified atom stereocenters. The van der Waals surface area contributed by atoms with E-state index in [0.717, 1.165) is 40.7 Å². The smallest absolute Gasteiger partial charge is 0.341 e. The van der Waals surface area contributed by atoms with Crippen molar-refractivity contribution in [3.8, 4) is 5.75 Å². The van der Waals surface area contributed by atoms with Gasteiger partial charge in [-0.2, -0.15) is 5.10 Å². The van der Waals surface area contributed by atoms with E-state index in [1.54, 1.807) is 12.1 Å². The van der Waals surface area contributed by atoms with E-state index < -0.39 is 17.8 Å². The molecule has 9 heteroatoms. The zero-order valence-corrected chi connectivity index (χ0v) is 21.5. The summed E-state index contributed by atoms with van der Waals surface area (Å²) in [5.41, 5.74) is 5.25. The molecule has 3 aromatic carbocycles. The summed E-state index contributed by atoms with van der Waals surface area (Å²) in [5, 5.41) is 9.04. The van der Waals surface area contributed by atoms with E-state index >= 15 is 0 Å². The highest BCUT2D eigenvalue weighted by Crippen LogP contribution is 2.39. The van der Waals surface area contributed by atoms with Crippen molar-refractivity contribution in [3.63, 3.8) is 0 Å². The number of hydrazone groups is 1. The van der Waals surface area contributed by atoms with E-state index in [-0.39, 0.29) is 0 Å². The number of aryl methyl sites for hydroxylation is 1. The third-order valence-corrected chi connectivity index (χ3v) is 7.49. The normalized spacial score (nSPS) is 12.3. The number of hydrogen-bond acceptors (Lipinski definition) is 7. The van der Waals surface area contributed by atoms with Crippen LogP contribution in [0.25, 0.3) is 10.8 Å². The number of thiophene rings is 1. The molecule has 1 aromatic heterocycles. The van der Waals surface area contributed by atoms with Gasteiger partial charge in [-0.1, -0.05) is 42.5 Å². The molecule has 8 nitrogen and oxygen atoms in total. The largest absolute Gasteiger partial charge is 0.489 e. The molecule has 2 N–H and O–H groups in total. The molecule has 1 heterocycles. The molecule has 1 aliphatic rings. The number of esters is 1. The highest BCUT2D eigenvalue weighted by Gasteiger charge is 2.29. The quantitative estimate of drug-likeness (QED) is 0.155. The predicted molar refractivity (Wildman–Crippen MR) is 147 cm³/mol. The second kappa shape index (κ2) is 11.3. The summed E-state index contributed by atoms with van der Waals surface area (Å²) in [6, 6.07) is 21.5. The average Bonchev–Trinajstić information content (AvgIpc) is 3.53. The van der Waals surface area contributed by atoms with Crippen LogP contribution in [0.5, 0.6) is 5.75 Å². The molecule has 1 aliphatic carbocycles. The van der Waals surface area contributed by atoms with Gasteiger partial charge in [0.15, 0.2) is 0 Å². The number of fused-ring (bicyclic) bond motifs is 2. The van der Waals surface area contributed by atoms with Gasteiger partial charge < -0.3 is 14.8 Å². The van der Waals surface area contributed by atoms with Gasteiger partial charge in [0.25, 0.3) is 0 Å². The van der Waals surface area contributed by atoms with Crippen LogP contribution in [0.15, 0.2) is 71.8 Å². The van der Waals surface area contributed by atoms with Crippen LogP contribution in [0.1, 0.15) is 38.3 Å². The van der Waals surface area contributed by atoms with Gasteiger partial charge in [-0.25, -0.2) is 10.2 Å². The molecule has 5 rings (SSSR count). The Labute approximate surface area is 223 Å². The van der Waals surface area contributed by atoms with Crippen LogP contribution in [0, 0.1) is 0 Å². The first-order valence-electron chi connectivity index (χ1n) is 12.1. The third-order valence-electron chi connectivity index (χ3n) is 6.28. The van der Waals surface area contributed by atoms with Crippen molar-refractivity contribution in [1.29, 1.82) is 0 Å². The Morgan fingerprint density at radius 2 is 1.76 bits per heavy atom. The Bertz CT molecular complexity index is 1540. The lowest BCUT2D eigenvalue weighted by Gasteiger charge is -2.09. The summed E-state index contributed by atoms with van der Waals surface area (Å²) in [6.07, 6.45) is 3.96. The van der Waals surface area contributed by atoms with Crippen LogP contribution in [0.2, 0.25) is 0 Å². The average molecular weight is 528 g/mol. The number of amides is 2. The van der Waals surface area contributed by atoms with Crippen molar-refractivity contribution >= 4 is 51.1 Å². The predicted octanol–water partition coefficient (Wildman–Crippen LogP) is 4.84. The lowest BCUT2D eigenvalue weighted by Crippen LogP contribution is -2.32. The van der Waals surface area contributed by atoms with Gasteiger partial charge in [-0.3, -0.25) is 9.59 Å². The SMILES string of the molecule is COC(=O)c1c(NC(=O)C(=O)N/N=C/c2ccc(OCc3cccc4ccccc34)cc2)sc2c1CCC2. The summed E-state index contributed by atoms with van der Waals surface area (Å²) >= 11 is 1.30. The van der Waals surface area contributed by atoms with Crippen LogP contribution in [-0.2, 0) is 33.8 Å². The fraction of sp³-hybridized carbons (Fsp3) is 0.172. The van der Waals surface area contributed by atoms with Crippen molar-refractivity contribution in [1.82, 2.24) is 5.43 Å². The zero-order valence-electron chi connectivity index (χ0n) is 20.7. The van der Waals surface area contributed by atoms with E-state index in [1.807, 2.05) is 36.4 Å².